The Morgan fingerprint density at radius 3 is 2.70 bits per heavy atom. The summed E-state index contributed by atoms with van der Waals surface area (Å²) in [6.45, 7) is 3.18. The van der Waals surface area contributed by atoms with Crippen LogP contribution in [0.25, 0.3) is 0 Å². The number of rotatable bonds is 2. The van der Waals surface area contributed by atoms with Crippen LogP contribution in [0.2, 0.25) is 5.02 Å². The highest BCUT2D eigenvalue weighted by Gasteiger charge is 2.49. The van der Waals surface area contributed by atoms with Crippen LogP contribution in [0, 0.1) is 5.92 Å². The maximum absolute atomic E-state index is 12.6. The molecular weight excluding hydrogens is 278 g/mol. The third-order valence-electron chi connectivity index (χ3n) is 3.93. The first-order valence-electron chi connectivity index (χ1n) is 6.64. The lowest BCUT2D eigenvalue weighted by Gasteiger charge is -2.41. The van der Waals surface area contributed by atoms with Gasteiger partial charge in [0.05, 0.1) is 0 Å². The first kappa shape index (κ1) is 15.0. The van der Waals surface area contributed by atoms with Crippen molar-refractivity contribution in [1.29, 1.82) is 0 Å². The predicted molar refractivity (Wildman–Crippen MR) is 76.4 cm³/mol. The number of Topliss-reactive ketones (excluding diaryl/α,β-unsaturated/α-hetero) is 1. The van der Waals surface area contributed by atoms with Gasteiger partial charge in [0.2, 0.25) is 5.91 Å². The van der Waals surface area contributed by atoms with E-state index in [-0.39, 0.29) is 17.6 Å². The Kier molecular flexibility index (Phi) is 4.16. The Labute approximate surface area is 123 Å². The Morgan fingerprint density at radius 1 is 1.45 bits per heavy atom. The first-order valence-corrected chi connectivity index (χ1v) is 7.02. The Bertz CT molecular complexity index is 546. The first-order chi connectivity index (χ1) is 9.38. The van der Waals surface area contributed by atoms with E-state index >= 15 is 0 Å². The lowest BCUT2D eigenvalue weighted by molar-refractivity contribution is -0.144. The lowest BCUT2D eigenvalue weighted by Crippen LogP contribution is -2.59. The fourth-order valence-corrected chi connectivity index (χ4v) is 3.10. The van der Waals surface area contributed by atoms with Gasteiger partial charge in [-0.1, -0.05) is 36.7 Å². The van der Waals surface area contributed by atoms with Gasteiger partial charge in [0.25, 0.3) is 0 Å². The second-order valence-electron chi connectivity index (χ2n) is 5.39. The molecule has 0 bridgehead atoms. The summed E-state index contributed by atoms with van der Waals surface area (Å²) < 4.78 is 0. The lowest BCUT2D eigenvalue weighted by atomic mass is 9.70. The van der Waals surface area contributed by atoms with Gasteiger partial charge in [0.1, 0.15) is 11.6 Å². The van der Waals surface area contributed by atoms with E-state index < -0.39 is 11.6 Å². The van der Waals surface area contributed by atoms with Gasteiger partial charge in [-0.2, -0.15) is 0 Å². The number of hydrogen-bond acceptors (Lipinski definition) is 3. The average molecular weight is 296 g/mol. The maximum atomic E-state index is 12.6. The Balaban J connectivity index is 2.55. The molecule has 1 aromatic carbocycles. The van der Waals surface area contributed by atoms with E-state index in [0.29, 0.717) is 23.4 Å². The van der Waals surface area contributed by atoms with Gasteiger partial charge in [-0.05, 0) is 24.8 Å². The molecule has 1 saturated carbocycles. The Morgan fingerprint density at radius 2 is 2.10 bits per heavy atom. The van der Waals surface area contributed by atoms with Crippen molar-refractivity contribution in [3.05, 3.63) is 34.9 Å². The molecule has 0 saturated heterocycles. The van der Waals surface area contributed by atoms with E-state index in [9.17, 15) is 14.7 Å². The third kappa shape index (κ3) is 2.45. The summed E-state index contributed by atoms with van der Waals surface area (Å²) in [5, 5.41) is 13.2. The summed E-state index contributed by atoms with van der Waals surface area (Å²) in [7, 11) is 0. The van der Waals surface area contributed by atoms with Crippen LogP contribution in [-0.2, 0) is 15.1 Å². The summed E-state index contributed by atoms with van der Waals surface area (Å²) in [4.78, 5) is 24.2. The molecule has 1 aliphatic carbocycles. The second kappa shape index (κ2) is 5.54. The summed E-state index contributed by atoms with van der Waals surface area (Å²) >= 11 is 6.19. The molecule has 0 unspecified atom stereocenters. The molecule has 2 N–H and O–H groups in total. The van der Waals surface area contributed by atoms with Gasteiger partial charge in [0, 0.05) is 17.5 Å². The molecule has 0 aromatic heterocycles. The summed E-state index contributed by atoms with van der Waals surface area (Å²) in [6, 6.07) is 6.93. The molecule has 1 aliphatic rings. The van der Waals surface area contributed by atoms with Crippen molar-refractivity contribution in [3.63, 3.8) is 0 Å². The fourth-order valence-electron chi connectivity index (χ4n) is 2.80. The molecule has 4 nitrogen and oxygen atoms in total. The van der Waals surface area contributed by atoms with Crippen molar-refractivity contribution in [2.45, 2.75) is 38.3 Å². The molecule has 1 fully saturated rings. The van der Waals surface area contributed by atoms with E-state index in [1.807, 2.05) is 6.92 Å². The zero-order valence-electron chi connectivity index (χ0n) is 11.5. The van der Waals surface area contributed by atoms with E-state index in [1.54, 1.807) is 24.3 Å². The van der Waals surface area contributed by atoms with Crippen LogP contribution in [0.4, 0.5) is 0 Å². The summed E-state index contributed by atoms with van der Waals surface area (Å²) in [6.07, 6.45) is -0.0157. The minimum absolute atomic E-state index is 0.119. The van der Waals surface area contributed by atoms with Crippen LogP contribution in [0.1, 0.15) is 32.3 Å². The number of ketones is 1. The highest BCUT2D eigenvalue weighted by Crippen LogP contribution is 2.39. The molecule has 2 rings (SSSR count). The normalized spacial score (nSPS) is 30.1. The van der Waals surface area contributed by atoms with Crippen molar-refractivity contribution >= 4 is 23.3 Å². The second-order valence-corrected chi connectivity index (χ2v) is 5.80. The number of carbonyl (C=O) groups is 2. The molecule has 108 valence electrons. The van der Waals surface area contributed by atoms with Crippen molar-refractivity contribution in [2.75, 3.05) is 0 Å². The standard InChI is InChI=1S/C15H18ClNO3/c1-9-7-8-15(17-10(2)18,14(20)13(9)19)11-5-3-4-6-12(11)16/h3-6,9,13,19H,7-8H2,1-2H3,(H,17,18)/t9-,13-,15-/m1/s1. The van der Waals surface area contributed by atoms with Crippen molar-refractivity contribution < 1.29 is 14.7 Å². The summed E-state index contributed by atoms with van der Waals surface area (Å²) in [5.74, 6) is -0.827. The monoisotopic (exact) mass is 295 g/mol. The van der Waals surface area contributed by atoms with Crippen LogP contribution in [0.5, 0.6) is 0 Å². The molecule has 0 radical (unpaired) electrons. The number of carbonyl (C=O) groups excluding carboxylic acids is 2. The molecule has 0 aliphatic heterocycles. The van der Waals surface area contributed by atoms with Gasteiger partial charge in [0.15, 0.2) is 5.78 Å². The van der Waals surface area contributed by atoms with Gasteiger partial charge in [-0.25, -0.2) is 0 Å². The molecule has 0 heterocycles. The highest BCUT2D eigenvalue weighted by molar-refractivity contribution is 6.31. The molecule has 1 aromatic rings. The van der Waals surface area contributed by atoms with E-state index in [1.165, 1.54) is 6.92 Å². The molecule has 0 spiro atoms. The number of halogens is 1. The van der Waals surface area contributed by atoms with Gasteiger partial charge in [-0.3, -0.25) is 9.59 Å². The molecule has 5 heteroatoms. The SMILES string of the molecule is CC(=O)N[C@@]1(c2ccccc2Cl)CC[C@@H](C)[C@@H](O)C1=O. The molecule has 1 amide bonds. The van der Waals surface area contributed by atoms with Crippen molar-refractivity contribution in [2.24, 2.45) is 5.92 Å². The van der Waals surface area contributed by atoms with Gasteiger partial charge < -0.3 is 10.4 Å². The predicted octanol–water partition coefficient (Wildman–Crippen LogP) is 2.03. The summed E-state index contributed by atoms with van der Waals surface area (Å²) in [5.41, 5.74) is -0.677. The number of hydrogen-bond donors (Lipinski definition) is 2. The van der Waals surface area contributed by atoms with Crippen molar-refractivity contribution in [1.82, 2.24) is 5.32 Å². The topological polar surface area (TPSA) is 66.4 Å². The van der Waals surface area contributed by atoms with E-state index in [4.69, 9.17) is 11.6 Å². The average Bonchev–Trinajstić information content (AvgIpc) is 2.40. The largest absolute Gasteiger partial charge is 0.385 e. The van der Waals surface area contributed by atoms with Gasteiger partial charge >= 0.3 is 0 Å². The number of aliphatic hydroxyl groups excluding tert-OH is 1. The number of aliphatic hydroxyl groups is 1. The molecule has 20 heavy (non-hydrogen) atoms. The number of benzene rings is 1. The zero-order valence-corrected chi connectivity index (χ0v) is 12.3. The number of nitrogens with one attached hydrogen (secondary N) is 1. The minimum atomic E-state index is -1.23. The smallest absolute Gasteiger partial charge is 0.217 e. The third-order valence-corrected chi connectivity index (χ3v) is 4.26. The molecule has 3 atom stereocenters. The van der Waals surface area contributed by atoms with Crippen LogP contribution in [-0.4, -0.2) is 22.9 Å². The van der Waals surface area contributed by atoms with E-state index in [2.05, 4.69) is 5.32 Å². The zero-order chi connectivity index (χ0) is 14.9. The number of amides is 1. The van der Waals surface area contributed by atoms with Crippen LogP contribution < -0.4 is 5.32 Å². The highest BCUT2D eigenvalue weighted by atomic mass is 35.5. The van der Waals surface area contributed by atoms with Crippen LogP contribution >= 0.6 is 11.6 Å². The van der Waals surface area contributed by atoms with Crippen LogP contribution in [0.3, 0.4) is 0 Å². The Hall–Kier alpha value is -1.39. The maximum Gasteiger partial charge on any atom is 0.217 e. The minimum Gasteiger partial charge on any atom is -0.385 e. The quantitative estimate of drug-likeness (QED) is 0.877. The van der Waals surface area contributed by atoms with Crippen molar-refractivity contribution in [3.8, 4) is 0 Å². The fraction of sp³-hybridized carbons (Fsp3) is 0.467. The van der Waals surface area contributed by atoms with Gasteiger partial charge in [-0.15, -0.1) is 0 Å². The van der Waals surface area contributed by atoms with Crippen LogP contribution in [0.15, 0.2) is 24.3 Å². The molecular formula is C15H18ClNO3. The van der Waals surface area contributed by atoms with E-state index in [0.717, 1.165) is 0 Å².